The minimum atomic E-state index is -3.70. The molecule has 0 aliphatic carbocycles. The number of hydrogen-bond donors (Lipinski definition) is 1. The van der Waals surface area contributed by atoms with Crippen molar-refractivity contribution >= 4 is 37.5 Å². The zero-order valence-electron chi connectivity index (χ0n) is 14.2. The number of methoxy groups -OCH3 is 1. The molecule has 6 nitrogen and oxygen atoms in total. The van der Waals surface area contributed by atoms with E-state index in [1.54, 1.807) is 18.2 Å². The number of carbonyl (C=O) groups excluding carboxylic acids is 1. The van der Waals surface area contributed by atoms with Crippen LogP contribution in [0, 0.1) is 0 Å². The fourth-order valence-corrected chi connectivity index (χ4v) is 4.93. The van der Waals surface area contributed by atoms with Crippen molar-refractivity contribution in [2.24, 2.45) is 0 Å². The number of carbonyl (C=O) groups is 1. The van der Waals surface area contributed by atoms with Crippen LogP contribution in [0.4, 0.5) is 5.69 Å². The fourth-order valence-electron chi connectivity index (χ4n) is 2.84. The summed E-state index contributed by atoms with van der Waals surface area (Å²) < 4.78 is 33.2. The molecule has 0 spiro atoms. The van der Waals surface area contributed by atoms with Crippen LogP contribution in [0.25, 0.3) is 0 Å². The summed E-state index contributed by atoms with van der Waals surface area (Å²) >= 11 is 3.37. The predicted molar refractivity (Wildman–Crippen MR) is 103 cm³/mol. The molecular weight excluding hydrogens is 420 g/mol. The Balaban J connectivity index is 1.94. The first kappa shape index (κ1) is 18.9. The summed E-state index contributed by atoms with van der Waals surface area (Å²) in [6.45, 7) is 0.970. The van der Waals surface area contributed by atoms with Gasteiger partial charge in [-0.05, 0) is 59.1 Å². The number of para-hydroxylation sites is 1. The highest BCUT2D eigenvalue weighted by Gasteiger charge is 2.30. The van der Waals surface area contributed by atoms with E-state index < -0.39 is 15.9 Å². The minimum Gasteiger partial charge on any atom is -0.495 e. The van der Waals surface area contributed by atoms with Gasteiger partial charge in [-0.2, -0.15) is 4.31 Å². The molecule has 138 valence electrons. The van der Waals surface area contributed by atoms with Crippen molar-refractivity contribution in [2.45, 2.75) is 17.7 Å². The van der Waals surface area contributed by atoms with Crippen LogP contribution >= 0.6 is 15.9 Å². The van der Waals surface area contributed by atoms with Crippen LogP contribution in [0.1, 0.15) is 23.2 Å². The van der Waals surface area contributed by atoms with E-state index >= 15 is 0 Å². The molecule has 8 heteroatoms. The standard InChI is InChI=1S/C18H19BrN2O4S/c1-25-16-9-8-13(18(22)20-15-7-3-2-6-14(15)19)12-17(16)26(23,24)21-10-4-5-11-21/h2-3,6-9,12H,4-5,10-11H2,1H3,(H,20,22). The van der Waals surface area contributed by atoms with Crippen molar-refractivity contribution in [3.63, 3.8) is 0 Å². The first-order chi connectivity index (χ1) is 12.4. The summed E-state index contributed by atoms with van der Waals surface area (Å²) in [5.41, 5.74) is 0.858. The van der Waals surface area contributed by atoms with E-state index in [2.05, 4.69) is 21.2 Å². The van der Waals surface area contributed by atoms with E-state index in [4.69, 9.17) is 4.74 Å². The van der Waals surface area contributed by atoms with Gasteiger partial charge < -0.3 is 10.1 Å². The van der Waals surface area contributed by atoms with Gasteiger partial charge in [-0.3, -0.25) is 4.79 Å². The Morgan fingerprint density at radius 2 is 1.85 bits per heavy atom. The number of anilines is 1. The molecule has 1 aliphatic heterocycles. The maximum absolute atomic E-state index is 12.9. The molecule has 0 aromatic heterocycles. The number of ether oxygens (including phenoxy) is 1. The van der Waals surface area contributed by atoms with Gasteiger partial charge in [0, 0.05) is 23.1 Å². The van der Waals surface area contributed by atoms with Crippen LogP contribution in [0.5, 0.6) is 5.75 Å². The molecule has 1 heterocycles. The molecule has 0 radical (unpaired) electrons. The normalized spacial score (nSPS) is 15.0. The second kappa shape index (κ2) is 7.77. The average molecular weight is 439 g/mol. The van der Waals surface area contributed by atoms with Crippen molar-refractivity contribution in [3.05, 3.63) is 52.5 Å². The monoisotopic (exact) mass is 438 g/mol. The number of amides is 1. The maximum atomic E-state index is 12.9. The summed E-state index contributed by atoms with van der Waals surface area (Å²) in [6, 6.07) is 11.6. The van der Waals surface area contributed by atoms with E-state index in [1.807, 2.05) is 12.1 Å². The van der Waals surface area contributed by atoms with Crippen LogP contribution in [0.2, 0.25) is 0 Å². The highest BCUT2D eigenvalue weighted by Crippen LogP contribution is 2.30. The molecule has 0 atom stereocenters. The first-order valence-corrected chi connectivity index (χ1v) is 10.4. The van der Waals surface area contributed by atoms with E-state index in [9.17, 15) is 13.2 Å². The molecule has 26 heavy (non-hydrogen) atoms. The molecule has 1 amide bonds. The van der Waals surface area contributed by atoms with Gasteiger partial charge in [-0.1, -0.05) is 12.1 Å². The molecule has 2 aromatic rings. The summed E-state index contributed by atoms with van der Waals surface area (Å²) in [4.78, 5) is 12.6. The van der Waals surface area contributed by atoms with Gasteiger partial charge in [0.1, 0.15) is 10.6 Å². The van der Waals surface area contributed by atoms with Crippen LogP contribution in [0.15, 0.2) is 51.8 Å². The lowest BCUT2D eigenvalue weighted by Crippen LogP contribution is -2.28. The second-order valence-corrected chi connectivity index (χ2v) is 8.67. The third-order valence-corrected chi connectivity index (χ3v) is 6.84. The SMILES string of the molecule is COc1ccc(C(=O)Nc2ccccc2Br)cc1S(=O)(=O)N1CCCC1. The molecule has 0 bridgehead atoms. The summed E-state index contributed by atoms with van der Waals surface area (Å²) in [7, 11) is -2.28. The van der Waals surface area contributed by atoms with Crippen molar-refractivity contribution < 1.29 is 17.9 Å². The van der Waals surface area contributed by atoms with Gasteiger partial charge in [0.25, 0.3) is 5.91 Å². The number of nitrogens with zero attached hydrogens (tertiary/aromatic N) is 1. The molecule has 2 aromatic carbocycles. The van der Waals surface area contributed by atoms with Gasteiger partial charge in [-0.15, -0.1) is 0 Å². The molecular formula is C18H19BrN2O4S. The molecule has 0 saturated carbocycles. The highest BCUT2D eigenvalue weighted by molar-refractivity contribution is 9.10. The zero-order valence-corrected chi connectivity index (χ0v) is 16.6. The van der Waals surface area contributed by atoms with Crippen LogP contribution in [-0.2, 0) is 10.0 Å². The molecule has 1 N–H and O–H groups in total. The Bertz CT molecular complexity index is 925. The van der Waals surface area contributed by atoms with Gasteiger partial charge in [0.2, 0.25) is 10.0 Å². The summed E-state index contributed by atoms with van der Waals surface area (Å²) in [6.07, 6.45) is 1.67. The number of hydrogen-bond acceptors (Lipinski definition) is 4. The van der Waals surface area contributed by atoms with E-state index in [1.165, 1.54) is 23.5 Å². The molecule has 0 unspecified atom stereocenters. The summed E-state index contributed by atoms with van der Waals surface area (Å²) in [5.74, 6) is -0.160. The lowest BCUT2D eigenvalue weighted by Gasteiger charge is -2.18. The smallest absolute Gasteiger partial charge is 0.255 e. The Hall–Kier alpha value is -1.90. The highest BCUT2D eigenvalue weighted by atomic mass is 79.9. The van der Waals surface area contributed by atoms with Crippen molar-refractivity contribution in [1.29, 1.82) is 0 Å². The van der Waals surface area contributed by atoms with E-state index in [0.29, 0.717) is 18.8 Å². The van der Waals surface area contributed by atoms with Crippen LogP contribution < -0.4 is 10.1 Å². The Morgan fingerprint density at radius 1 is 1.15 bits per heavy atom. The molecule has 1 aliphatic rings. The maximum Gasteiger partial charge on any atom is 0.255 e. The molecule has 1 fully saturated rings. The first-order valence-electron chi connectivity index (χ1n) is 8.17. The van der Waals surface area contributed by atoms with Gasteiger partial charge in [0.15, 0.2) is 0 Å². The second-order valence-electron chi connectivity index (χ2n) is 5.91. The minimum absolute atomic E-state index is 0.0154. The predicted octanol–water partition coefficient (Wildman–Crippen LogP) is 3.49. The van der Waals surface area contributed by atoms with Crippen molar-refractivity contribution in [1.82, 2.24) is 4.31 Å². The van der Waals surface area contributed by atoms with Gasteiger partial charge in [-0.25, -0.2) is 8.42 Å². The number of benzene rings is 2. The number of sulfonamides is 1. The van der Waals surface area contributed by atoms with Gasteiger partial charge >= 0.3 is 0 Å². The van der Waals surface area contributed by atoms with Gasteiger partial charge in [0.05, 0.1) is 12.8 Å². The number of nitrogens with one attached hydrogen (secondary N) is 1. The number of halogens is 1. The Kier molecular flexibility index (Phi) is 5.64. The average Bonchev–Trinajstić information content (AvgIpc) is 3.18. The van der Waals surface area contributed by atoms with E-state index in [0.717, 1.165) is 17.3 Å². The van der Waals surface area contributed by atoms with E-state index in [-0.39, 0.29) is 16.2 Å². The Labute approximate surface area is 161 Å². The summed E-state index contributed by atoms with van der Waals surface area (Å²) in [5, 5.41) is 2.78. The van der Waals surface area contributed by atoms with Crippen molar-refractivity contribution in [2.75, 3.05) is 25.5 Å². The lowest BCUT2D eigenvalue weighted by molar-refractivity contribution is 0.102. The third-order valence-electron chi connectivity index (χ3n) is 4.23. The quantitative estimate of drug-likeness (QED) is 0.774. The molecule has 1 saturated heterocycles. The molecule has 3 rings (SSSR count). The topological polar surface area (TPSA) is 75.7 Å². The largest absolute Gasteiger partial charge is 0.495 e. The van der Waals surface area contributed by atoms with Crippen molar-refractivity contribution in [3.8, 4) is 5.75 Å². The van der Waals surface area contributed by atoms with Crippen LogP contribution in [0.3, 0.4) is 0 Å². The Morgan fingerprint density at radius 3 is 2.50 bits per heavy atom. The van der Waals surface area contributed by atoms with Crippen LogP contribution in [-0.4, -0.2) is 38.8 Å². The fraction of sp³-hybridized carbons (Fsp3) is 0.278. The zero-order chi connectivity index (χ0) is 18.7. The lowest BCUT2D eigenvalue weighted by atomic mass is 10.2. The third kappa shape index (κ3) is 3.77. The number of rotatable bonds is 5.